The molecule has 2 aromatic heterocycles. The van der Waals surface area contributed by atoms with E-state index < -0.39 is 5.91 Å². The van der Waals surface area contributed by atoms with Gasteiger partial charge in [0, 0.05) is 22.8 Å². The highest BCUT2D eigenvalue weighted by atomic mass is 32.1. The molecule has 1 aliphatic carbocycles. The molecule has 0 saturated heterocycles. The van der Waals surface area contributed by atoms with E-state index in [4.69, 9.17) is 5.73 Å². The van der Waals surface area contributed by atoms with E-state index in [-0.39, 0.29) is 5.91 Å². The molecule has 3 rings (SSSR count). The number of anilines is 1. The number of carbonyl (C=O) groups is 2. The number of aromatic nitrogens is 1. The number of hydrogen-bond donors (Lipinski definition) is 2. The summed E-state index contributed by atoms with van der Waals surface area (Å²) in [6.45, 7) is 2.20. The number of thiophene rings is 1. The van der Waals surface area contributed by atoms with Crippen LogP contribution >= 0.6 is 11.3 Å². The lowest BCUT2D eigenvalue weighted by Gasteiger charge is -2.18. The van der Waals surface area contributed by atoms with Gasteiger partial charge in [0.05, 0.1) is 5.56 Å². The fourth-order valence-corrected chi connectivity index (χ4v) is 4.19. The van der Waals surface area contributed by atoms with Crippen molar-refractivity contribution in [1.82, 2.24) is 4.98 Å². The van der Waals surface area contributed by atoms with Crippen LogP contribution in [-0.4, -0.2) is 16.8 Å². The third-order valence-corrected chi connectivity index (χ3v) is 5.10. The maximum Gasteiger partial charge on any atom is 0.256 e. The minimum Gasteiger partial charge on any atom is -0.365 e. The van der Waals surface area contributed by atoms with E-state index in [1.54, 1.807) is 24.5 Å². The predicted molar refractivity (Wildman–Crippen MR) is 86.2 cm³/mol. The molecule has 0 spiro atoms. The summed E-state index contributed by atoms with van der Waals surface area (Å²) in [7, 11) is 0. The molecule has 1 unspecified atom stereocenters. The van der Waals surface area contributed by atoms with E-state index in [2.05, 4.69) is 17.2 Å². The molecule has 2 heterocycles. The van der Waals surface area contributed by atoms with Crippen molar-refractivity contribution in [3.05, 3.63) is 46.1 Å². The molecule has 0 aliphatic heterocycles. The first kappa shape index (κ1) is 14.7. The Morgan fingerprint density at radius 3 is 2.77 bits per heavy atom. The Bertz CT molecular complexity index is 724. The quantitative estimate of drug-likeness (QED) is 0.913. The number of primary amides is 1. The zero-order chi connectivity index (χ0) is 15.7. The predicted octanol–water partition coefficient (Wildman–Crippen LogP) is 2.62. The van der Waals surface area contributed by atoms with Gasteiger partial charge in [-0.05, 0) is 42.9 Å². The maximum absolute atomic E-state index is 12.3. The largest absolute Gasteiger partial charge is 0.365 e. The van der Waals surface area contributed by atoms with Crippen molar-refractivity contribution in [2.75, 3.05) is 5.32 Å². The summed E-state index contributed by atoms with van der Waals surface area (Å²) in [6.07, 6.45) is 5.94. The zero-order valence-corrected chi connectivity index (χ0v) is 13.1. The number of nitrogens with zero attached hydrogens (tertiary/aromatic N) is 1. The third-order valence-electron chi connectivity index (χ3n) is 3.93. The first-order valence-electron chi connectivity index (χ1n) is 7.22. The Hall–Kier alpha value is -2.21. The van der Waals surface area contributed by atoms with Crippen LogP contribution in [0.4, 0.5) is 5.00 Å². The molecule has 22 heavy (non-hydrogen) atoms. The molecule has 1 aliphatic rings. The number of pyridine rings is 1. The van der Waals surface area contributed by atoms with E-state index >= 15 is 0 Å². The monoisotopic (exact) mass is 315 g/mol. The van der Waals surface area contributed by atoms with Gasteiger partial charge in [0.15, 0.2) is 0 Å². The zero-order valence-electron chi connectivity index (χ0n) is 12.3. The molecule has 0 radical (unpaired) electrons. The van der Waals surface area contributed by atoms with Crippen LogP contribution in [-0.2, 0) is 12.8 Å². The molecular weight excluding hydrogens is 298 g/mol. The Balaban J connectivity index is 1.94. The SMILES string of the molecule is CC1CCc2c(sc(NC(=O)c3ccncc3)c2C(N)=O)C1. The van der Waals surface area contributed by atoms with Crippen molar-refractivity contribution in [1.29, 1.82) is 0 Å². The lowest BCUT2D eigenvalue weighted by atomic mass is 9.88. The smallest absolute Gasteiger partial charge is 0.256 e. The Morgan fingerprint density at radius 2 is 2.09 bits per heavy atom. The van der Waals surface area contributed by atoms with Crippen molar-refractivity contribution in [3.8, 4) is 0 Å². The Kier molecular flexibility index (Phi) is 3.94. The van der Waals surface area contributed by atoms with Crippen LogP contribution < -0.4 is 11.1 Å². The molecule has 2 aromatic rings. The second-order valence-electron chi connectivity index (χ2n) is 5.61. The van der Waals surface area contributed by atoms with E-state index in [1.807, 2.05) is 0 Å². The first-order chi connectivity index (χ1) is 10.6. The maximum atomic E-state index is 12.3. The van der Waals surface area contributed by atoms with E-state index in [9.17, 15) is 9.59 Å². The highest BCUT2D eigenvalue weighted by molar-refractivity contribution is 7.17. The van der Waals surface area contributed by atoms with Crippen LogP contribution in [0.25, 0.3) is 0 Å². The van der Waals surface area contributed by atoms with Crippen molar-refractivity contribution in [2.24, 2.45) is 11.7 Å². The Labute approximate surface area is 132 Å². The number of amides is 2. The van der Waals surface area contributed by atoms with Crippen molar-refractivity contribution < 1.29 is 9.59 Å². The van der Waals surface area contributed by atoms with Gasteiger partial charge in [0.2, 0.25) is 0 Å². The summed E-state index contributed by atoms with van der Waals surface area (Å²) in [4.78, 5) is 29.2. The number of carbonyl (C=O) groups excluding carboxylic acids is 2. The second-order valence-corrected chi connectivity index (χ2v) is 6.72. The van der Waals surface area contributed by atoms with Gasteiger partial charge in [-0.15, -0.1) is 11.3 Å². The van der Waals surface area contributed by atoms with Crippen LogP contribution in [0.5, 0.6) is 0 Å². The molecule has 3 N–H and O–H groups in total. The standard InChI is InChI=1S/C16H17N3O2S/c1-9-2-3-11-12(8-9)22-16(13(11)14(17)20)19-15(21)10-4-6-18-7-5-10/h4-7,9H,2-3,8H2,1H3,(H2,17,20)(H,19,21). The second kappa shape index (κ2) is 5.88. The van der Waals surface area contributed by atoms with Gasteiger partial charge in [-0.3, -0.25) is 14.6 Å². The van der Waals surface area contributed by atoms with Gasteiger partial charge < -0.3 is 11.1 Å². The normalized spacial score (nSPS) is 16.9. The van der Waals surface area contributed by atoms with E-state index in [1.165, 1.54) is 11.3 Å². The van der Waals surface area contributed by atoms with Gasteiger partial charge in [-0.2, -0.15) is 0 Å². The molecule has 1 atom stereocenters. The average Bonchev–Trinajstić information content (AvgIpc) is 2.85. The minimum atomic E-state index is -0.475. The molecule has 0 fully saturated rings. The average molecular weight is 315 g/mol. The number of fused-ring (bicyclic) bond motifs is 1. The van der Waals surface area contributed by atoms with Crippen molar-refractivity contribution >= 4 is 28.2 Å². The summed E-state index contributed by atoms with van der Waals surface area (Å²) in [5, 5.41) is 3.39. The molecule has 0 saturated carbocycles. The van der Waals surface area contributed by atoms with Gasteiger partial charge in [-0.25, -0.2) is 0 Å². The molecule has 6 heteroatoms. The van der Waals surface area contributed by atoms with Crippen LogP contribution in [0.1, 0.15) is 44.5 Å². The molecule has 2 amide bonds. The van der Waals surface area contributed by atoms with Crippen molar-refractivity contribution in [3.63, 3.8) is 0 Å². The van der Waals surface area contributed by atoms with E-state index in [0.717, 1.165) is 29.7 Å². The van der Waals surface area contributed by atoms with Gasteiger partial charge in [0.25, 0.3) is 11.8 Å². The van der Waals surface area contributed by atoms with Crippen LogP contribution in [0.2, 0.25) is 0 Å². The van der Waals surface area contributed by atoms with Crippen LogP contribution in [0.3, 0.4) is 0 Å². The first-order valence-corrected chi connectivity index (χ1v) is 8.03. The van der Waals surface area contributed by atoms with E-state index in [0.29, 0.717) is 22.0 Å². The fraction of sp³-hybridized carbons (Fsp3) is 0.312. The van der Waals surface area contributed by atoms with Crippen molar-refractivity contribution in [2.45, 2.75) is 26.2 Å². The Morgan fingerprint density at radius 1 is 1.36 bits per heavy atom. The van der Waals surface area contributed by atoms with Gasteiger partial charge in [0.1, 0.15) is 5.00 Å². The number of rotatable bonds is 3. The minimum absolute atomic E-state index is 0.253. The topological polar surface area (TPSA) is 85.1 Å². The summed E-state index contributed by atoms with van der Waals surface area (Å²) >= 11 is 1.47. The molecule has 114 valence electrons. The highest BCUT2D eigenvalue weighted by Crippen LogP contribution is 2.39. The summed E-state index contributed by atoms with van der Waals surface area (Å²) < 4.78 is 0. The lowest BCUT2D eigenvalue weighted by Crippen LogP contribution is -2.19. The fourth-order valence-electron chi connectivity index (χ4n) is 2.78. The van der Waals surface area contributed by atoms with Gasteiger partial charge in [-0.1, -0.05) is 6.92 Å². The number of nitrogens with two attached hydrogens (primary N) is 1. The molecule has 5 nitrogen and oxygen atoms in total. The summed E-state index contributed by atoms with van der Waals surface area (Å²) in [6, 6.07) is 3.27. The summed E-state index contributed by atoms with van der Waals surface area (Å²) in [5.74, 6) is -0.135. The lowest BCUT2D eigenvalue weighted by molar-refractivity contribution is 0.1000. The van der Waals surface area contributed by atoms with Gasteiger partial charge >= 0.3 is 0 Å². The highest BCUT2D eigenvalue weighted by Gasteiger charge is 2.27. The van der Waals surface area contributed by atoms with Crippen LogP contribution in [0.15, 0.2) is 24.5 Å². The third kappa shape index (κ3) is 2.74. The summed E-state index contributed by atoms with van der Waals surface area (Å²) in [5.41, 5.74) is 7.54. The number of nitrogens with one attached hydrogen (secondary N) is 1. The molecule has 0 aromatic carbocycles. The van der Waals surface area contributed by atoms with Crippen LogP contribution in [0, 0.1) is 5.92 Å². The molecule has 0 bridgehead atoms. The number of hydrogen-bond acceptors (Lipinski definition) is 4. The molecular formula is C16H17N3O2S.